The van der Waals surface area contributed by atoms with Gasteiger partial charge < -0.3 is 5.32 Å². The van der Waals surface area contributed by atoms with E-state index in [1.807, 2.05) is 12.1 Å². The third-order valence-electron chi connectivity index (χ3n) is 2.13. The van der Waals surface area contributed by atoms with Crippen molar-refractivity contribution in [3.8, 4) is 0 Å². The van der Waals surface area contributed by atoms with Crippen molar-refractivity contribution in [1.29, 1.82) is 0 Å². The van der Waals surface area contributed by atoms with E-state index in [4.69, 9.17) is 0 Å². The number of anilines is 1. The topological polar surface area (TPSA) is 42.0 Å². The number of rotatable bonds is 2. The lowest BCUT2D eigenvalue weighted by Gasteiger charge is -2.06. The number of amides is 1. The first kappa shape index (κ1) is 12.5. The van der Waals surface area contributed by atoms with Crippen LogP contribution in [0.3, 0.4) is 0 Å². The molecule has 3 nitrogen and oxygen atoms in total. The number of carbonyl (C=O) groups excluding carboxylic acids is 1. The minimum atomic E-state index is -0.131. The maximum Gasteiger partial charge on any atom is 0.255 e. The molecule has 1 aromatic heterocycles. The Morgan fingerprint density at radius 3 is 2.59 bits per heavy atom. The predicted octanol–water partition coefficient (Wildman–Crippen LogP) is 3.70. The summed E-state index contributed by atoms with van der Waals surface area (Å²) in [6, 6.07) is 9.14. The molecule has 0 aliphatic carbocycles. The van der Waals surface area contributed by atoms with E-state index in [0.29, 0.717) is 11.3 Å². The van der Waals surface area contributed by atoms with E-state index in [1.165, 1.54) is 0 Å². The second-order valence-electron chi connectivity index (χ2n) is 3.32. The molecule has 0 radical (unpaired) electrons. The van der Waals surface area contributed by atoms with Crippen LogP contribution < -0.4 is 5.32 Å². The molecule has 0 atom stereocenters. The third kappa shape index (κ3) is 3.26. The van der Waals surface area contributed by atoms with Gasteiger partial charge in [0, 0.05) is 21.5 Å². The maximum absolute atomic E-state index is 11.9. The monoisotopic (exact) mass is 402 g/mol. The van der Waals surface area contributed by atoms with Gasteiger partial charge in [-0.2, -0.15) is 0 Å². The van der Waals surface area contributed by atoms with E-state index in [9.17, 15) is 4.79 Å². The fourth-order valence-corrected chi connectivity index (χ4v) is 1.98. The van der Waals surface area contributed by atoms with Gasteiger partial charge in [0.1, 0.15) is 0 Å². The summed E-state index contributed by atoms with van der Waals surface area (Å²) in [7, 11) is 0. The average molecular weight is 403 g/mol. The van der Waals surface area contributed by atoms with Crippen molar-refractivity contribution in [2.75, 3.05) is 5.32 Å². The van der Waals surface area contributed by atoms with E-state index in [1.54, 1.807) is 30.6 Å². The van der Waals surface area contributed by atoms with Crippen LogP contribution in [0.5, 0.6) is 0 Å². The molecule has 0 fully saturated rings. The molecule has 17 heavy (non-hydrogen) atoms. The van der Waals surface area contributed by atoms with Crippen LogP contribution in [0.4, 0.5) is 5.69 Å². The summed E-state index contributed by atoms with van der Waals surface area (Å²) in [5.74, 6) is -0.131. The van der Waals surface area contributed by atoms with E-state index in [2.05, 4.69) is 48.8 Å². The highest BCUT2D eigenvalue weighted by Gasteiger charge is 2.07. The molecule has 2 rings (SSSR count). The highest BCUT2D eigenvalue weighted by atomic mass is 127. The Morgan fingerprint density at radius 1 is 1.24 bits per heavy atom. The van der Waals surface area contributed by atoms with Gasteiger partial charge in [-0.25, -0.2) is 0 Å². The van der Waals surface area contributed by atoms with Crippen molar-refractivity contribution >= 4 is 50.1 Å². The zero-order valence-corrected chi connectivity index (χ0v) is 12.4. The molecule has 0 spiro atoms. The van der Waals surface area contributed by atoms with E-state index < -0.39 is 0 Å². The standard InChI is InChI=1S/C12H8BrIN2O/c13-10-7-15-6-5-11(10)16-12(17)8-1-3-9(14)4-2-8/h1-7H,(H,15,16,17). The first-order valence-corrected chi connectivity index (χ1v) is 6.70. The number of nitrogens with zero attached hydrogens (tertiary/aromatic N) is 1. The summed E-state index contributed by atoms with van der Waals surface area (Å²) >= 11 is 5.53. The number of carbonyl (C=O) groups is 1. The lowest BCUT2D eigenvalue weighted by molar-refractivity contribution is 0.102. The van der Waals surface area contributed by atoms with Crippen LogP contribution in [0.2, 0.25) is 0 Å². The number of hydrogen-bond acceptors (Lipinski definition) is 2. The molecule has 1 heterocycles. The Bertz CT molecular complexity index is 542. The minimum Gasteiger partial charge on any atom is -0.321 e. The van der Waals surface area contributed by atoms with Gasteiger partial charge in [0.25, 0.3) is 5.91 Å². The molecule has 1 amide bonds. The second-order valence-corrected chi connectivity index (χ2v) is 5.42. The highest BCUT2D eigenvalue weighted by Crippen LogP contribution is 2.20. The van der Waals surface area contributed by atoms with Gasteiger partial charge in [-0.15, -0.1) is 0 Å². The van der Waals surface area contributed by atoms with Crippen LogP contribution in [0.15, 0.2) is 47.2 Å². The molecule has 0 unspecified atom stereocenters. The minimum absolute atomic E-state index is 0.131. The van der Waals surface area contributed by atoms with Gasteiger partial charge in [-0.1, -0.05) is 0 Å². The lowest BCUT2D eigenvalue weighted by Crippen LogP contribution is -2.12. The first-order valence-electron chi connectivity index (χ1n) is 4.83. The van der Waals surface area contributed by atoms with Gasteiger partial charge in [-0.3, -0.25) is 9.78 Å². The molecule has 2 aromatic rings. The van der Waals surface area contributed by atoms with Crippen LogP contribution in [0, 0.1) is 3.57 Å². The fraction of sp³-hybridized carbons (Fsp3) is 0. The Labute approximate surface area is 121 Å². The number of hydrogen-bond donors (Lipinski definition) is 1. The number of pyridine rings is 1. The normalized spacial score (nSPS) is 10.0. The van der Waals surface area contributed by atoms with Crippen molar-refractivity contribution < 1.29 is 4.79 Å². The van der Waals surface area contributed by atoms with Crippen LogP contribution in [0.1, 0.15) is 10.4 Å². The molecule has 5 heteroatoms. The van der Waals surface area contributed by atoms with Gasteiger partial charge in [0.05, 0.1) is 10.2 Å². The van der Waals surface area contributed by atoms with Crippen molar-refractivity contribution in [2.45, 2.75) is 0 Å². The van der Waals surface area contributed by atoms with E-state index >= 15 is 0 Å². The molecule has 1 N–H and O–H groups in total. The van der Waals surface area contributed by atoms with Gasteiger partial charge in [-0.05, 0) is 68.9 Å². The summed E-state index contributed by atoms with van der Waals surface area (Å²) in [6.07, 6.45) is 3.28. The predicted molar refractivity (Wildman–Crippen MR) is 79.0 cm³/mol. The van der Waals surface area contributed by atoms with Crippen LogP contribution in [-0.4, -0.2) is 10.9 Å². The molecular formula is C12H8BrIN2O. The van der Waals surface area contributed by atoms with Crippen LogP contribution >= 0.6 is 38.5 Å². The zero-order valence-electron chi connectivity index (χ0n) is 8.65. The fourth-order valence-electron chi connectivity index (χ4n) is 1.27. The maximum atomic E-state index is 11.9. The molecule has 1 aromatic carbocycles. The Kier molecular flexibility index (Phi) is 4.11. The molecule has 0 aliphatic heterocycles. The summed E-state index contributed by atoms with van der Waals surface area (Å²) in [5.41, 5.74) is 1.35. The van der Waals surface area contributed by atoms with Gasteiger partial charge in [0.2, 0.25) is 0 Å². The zero-order chi connectivity index (χ0) is 12.3. The van der Waals surface area contributed by atoms with E-state index in [-0.39, 0.29) is 5.91 Å². The summed E-state index contributed by atoms with van der Waals surface area (Å²) in [5, 5.41) is 2.82. The SMILES string of the molecule is O=C(Nc1ccncc1Br)c1ccc(I)cc1. The summed E-state index contributed by atoms with van der Waals surface area (Å²) in [6.45, 7) is 0. The quantitative estimate of drug-likeness (QED) is 0.778. The van der Waals surface area contributed by atoms with Crippen molar-refractivity contribution in [3.63, 3.8) is 0 Å². The second kappa shape index (κ2) is 5.59. The van der Waals surface area contributed by atoms with Crippen LogP contribution in [-0.2, 0) is 0 Å². The third-order valence-corrected chi connectivity index (χ3v) is 3.48. The molecule has 0 saturated heterocycles. The van der Waals surface area contributed by atoms with Gasteiger partial charge in [0.15, 0.2) is 0 Å². The molecule has 86 valence electrons. The summed E-state index contributed by atoms with van der Waals surface area (Å²) < 4.78 is 1.86. The van der Waals surface area contributed by atoms with Gasteiger partial charge >= 0.3 is 0 Å². The number of aromatic nitrogens is 1. The molecule has 0 aliphatic rings. The lowest BCUT2D eigenvalue weighted by atomic mass is 10.2. The molecule has 0 bridgehead atoms. The van der Waals surface area contributed by atoms with Crippen molar-refractivity contribution in [1.82, 2.24) is 4.98 Å². The number of benzene rings is 1. The van der Waals surface area contributed by atoms with Crippen molar-refractivity contribution in [2.24, 2.45) is 0 Å². The van der Waals surface area contributed by atoms with Crippen molar-refractivity contribution in [3.05, 3.63) is 56.3 Å². The Hall–Kier alpha value is -0.950. The smallest absolute Gasteiger partial charge is 0.255 e. The average Bonchev–Trinajstić information content (AvgIpc) is 2.33. The van der Waals surface area contributed by atoms with Crippen LogP contribution in [0.25, 0.3) is 0 Å². The summed E-state index contributed by atoms with van der Waals surface area (Å²) in [4.78, 5) is 15.9. The Morgan fingerprint density at radius 2 is 1.94 bits per heavy atom. The molecule has 0 saturated carbocycles. The number of nitrogens with one attached hydrogen (secondary N) is 1. The number of halogens is 2. The highest BCUT2D eigenvalue weighted by molar-refractivity contribution is 14.1. The van der Waals surface area contributed by atoms with E-state index in [0.717, 1.165) is 8.04 Å². The first-order chi connectivity index (χ1) is 8.16. The largest absolute Gasteiger partial charge is 0.321 e. The molecular weight excluding hydrogens is 395 g/mol. The Balaban J connectivity index is 2.17.